The Morgan fingerprint density at radius 1 is 1.34 bits per heavy atom. The van der Waals surface area contributed by atoms with Crippen LogP contribution in [0, 0.1) is 0 Å². The highest BCUT2D eigenvalue weighted by atomic mass is 16.5. The first-order valence-corrected chi connectivity index (χ1v) is 10.4. The Balaban J connectivity index is 2.09. The first-order valence-electron chi connectivity index (χ1n) is 10.4. The molecule has 1 aliphatic carbocycles. The molecule has 0 unspecified atom stereocenters. The van der Waals surface area contributed by atoms with Gasteiger partial charge in [0, 0.05) is 5.54 Å². The van der Waals surface area contributed by atoms with Gasteiger partial charge in [-0.2, -0.15) is 0 Å². The van der Waals surface area contributed by atoms with Crippen LogP contribution in [0.2, 0.25) is 5.31 Å². The van der Waals surface area contributed by atoms with Gasteiger partial charge in [0.1, 0.15) is 6.23 Å². The SMILES string of the molecule is CC(C)(Cc1ccccc1)NC(=O)C1(B(O)O[C@H](CCCN)NC=O)CCCC1. The Labute approximate surface area is 173 Å². The lowest BCUT2D eigenvalue weighted by molar-refractivity contribution is -0.126. The van der Waals surface area contributed by atoms with Crippen LogP contribution in [-0.2, 0) is 20.7 Å². The molecule has 1 saturated carbocycles. The topological polar surface area (TPSA) is 114 Å². The van der Waals surface area contributed by atoms with E-state index in [0.29, 0.717) is 45.1 Å². The lowest BCUT2D eigenvalue weighted by Crippen LogP contribution is -2.54. The van der Waals surface area contributed by atoms with Crippen molar-refractivity contribution in [1.82, 2.24) is 10.6 Å². The summed E-state index contributed by atoms with van der Waals surface area (Å²) in [5.41, 5.74) is 6.19. The second kappa shape index (κ2) is 10.8. The minimum Gasteiger partial charge on any atom is -0.426 e. The Kier molecular flexibility index (Phi) is 8.68. The predicted octanol–water partition coefficient (Wildman–Crippen LogP) is 1.75. The lowest BCUT2D eigenvalue weighted by Gasteiger charge is -2.36. The lowest BCUT2D eigenvalue weighted by atomic mass is 9.55. The summed E-state index contributed by atoms with van der Waals surface area (Å²) in [5.74, 6) is -0.202. The van der Waals surface area contributed by atoms with Crippen LogP contribution >= 0.6 is 0 Å². The molecular weight excluding hydrogens is 369 g/mol. The number of hydrogen-bond donors (Lipinski definition) is 4. The highest BCUT2D eigenvalue weighted by Gasteiger charge is 2.53. The molecule has 0 aromatic heterocycles. The van der Waals surface area contributed by atoms with Crippen molar-refractivity contribution < 1.29 is 19.3 Å². The Hall–Kier alpha value is -1.90. The third-order valence-electron chi connectivity index (χ3n) is 5.58. The van der Waals surface area contributed by atoms with E-state index < -0.39 is 24.2 Å². The van der Waals surface area contributed by atoms with Crippen molar-refractivity contribution in [2.75, 3.05) is 6.54 Å². The van der Waals surface area contributed by atoms with Gasteiger partial charge in [0.2, 0.25) is 12.3 Å². The summed E-state index contributed by atoms with van der Waals surface area (Å²) in [6.45, 7) is 4.41. The fraction of sp³-hybridized carbons (Fsp3) is 0.619. The molecule has 0 aliphatic heterocycles. The second-order valence-electron chi connectivity index (χ2n) is 8.56. The van der Waals surface area contributed by atoms with Crippen molar-refractivity contribution in [3.63, 3.8) is 0 Å². The summed E-state index contributed by atoms with van der Waals surface area (Å²) >= 11 is 0. The number of carbonyl (C=O) groups is 2. The zero-order valence-corrected chi connectivity index (χ0v) is 17.5. The minimum atomic E-state index is -1.30. The number of carbonyl (C=O) groups excluding carboxylic acids is 2. The first-order chi connectivity index (χ1) is 13.8. The molecular formula is C21H34BN3O4. The Bertz CT molecular complexity index is 651. The van der Waals surface area contributed by atoms with Crippen LogP contribution in [0.25, 0.3) is 0 Å². The maximum atomic E-state index is 13.3. The summed E-state index contributed by atoms with van der Waals surface area (Å²) < 4.78 is 5.73. The van der Waals surface area contributed by atoms with E-state index in [1.165, 1.54) is 0 Å². The van der Waals surface area contributed by atoms with E-state index in [1.807, 2.05) is 44.2 Å². The zero-order chi connectivity index (χ0) is 21.3. The van der Waals surface area contributed by atoms with Crippen LogP contribution in [0.15, 0.2) is 30.3 Å². The standard InChI is InChI=1S/C21H34BN3O4/c1-20(2,15-17-9-4-3-5-10-17)25-19(27)21(12-6-7-13-21)22(28)29-18(24-16-26)11-8-14-23/h3-5,9-10,16,18,28H,6-8,11-15,23H2,1-2H3,(H,24,26)(H,25,27)/t18-/m1/s1. The van der Waals surface area contributed by atoms with Crippen LogP contribution in [0.4, 0.5) is 0 Å². The number of benzene rings is 1. The molecule has 1 aromatic rings. The molecule has 1 aromatic carbocycles. The van der Waals surface area contributed by atoms with E-state index >= 15 is 0 Å². The van der Waals surface area contributed by atoms with Gasteiger partial charge in [-0.15, -0.1) is 0 Å². The van der Waals surface area contributed by atoms with Crippen LogP contribution in [-0.4, -0.2) is 42.8 Å². The molecule has 0 bridgehead atoms. The maximum Gasteiger partial charge on any atom is 0.472 e. The van der Waals surface area contributed by atoms with E-state index in [-0.39, 0.29) is 5.91 Å². The molecule has 0 saturated heterocycles. The summed E-state index contributed by atoms with van der Waals surface area (Å²) in [7, 11) is -1.30. The predicted molar refractivity (Wildman–Crippen MR) is 114 cm³/mol. The van der Waals surface area contributed by atoms with Crippen LogP contribution in [0.1, 0.15) is 57.9 Å². The summed E-state index contributed by atoms with van der Waals surface area (Å²) in [4.78, 5) is 24.2. The van der Waals surface area contributed by atoms with Gasteiger partial charge in [-0.1, -0.05) is 43.2 Å². The molecule has 5 N–H and O–H groups in total. The average Bonchev–Trinajstić information content (AvgIpc) is 3.17. The van der Waals surface area contributed by atoms with E-state index in [4.69, 9.17) is 10.4 Å². The molecule has 160 valence electrons. The molecule has 0 heterocycles. The first kappa shape index (κ1) is 23.4. The molecule has 2 rings (SSSR count). The van der Waals surface area contributed by atoms with E-state index in [1.54, 1.807) is 0 Å². The summed E-state index contributed by atoms with van der Waals surface area (Å²) in [5, 5.41) is 15.6. The van der Waals surface area contributed by atoms with Gasteiger partial charge in [0.05, 0.1) is 5.31 Å². The second-order valence-corrected chi connectivity index (χ2v) is 8.56. The van der Waals surface area contributed by atoms with Crippen molar-refractivity contribution in [2.24, 2.45) is 5.73 Å². The van der Waals surface area contributed by atoms with Crippen molar-refractivity contribution in [2.45, 2.75) is 75.9 Å². The van der Waals surface area contributed by atoms with E-state index in [2.05, 4.69) is 10.6 Å². The van der Waals surface area contributed by atoms with Crippen LogP contribution < -0.4 is 16.4 Å². The number of nitrogens with one attached hydrogen (secondary N) is 2. The Morgan fingerprint density at radius 2 is 2.00 bits per heavy atom. The monoisotopic (exact) mass is 403 g/mol. The van der Waals surface area contributed by atoms with Gasteiger partial charge in [-0.05, 0) is 58.1 Å². The van der Waals surface area contributed by atoms with E-state index in [9.17, 15) is 14.6 Å². The highest BCUT2D eigenvalue weighted by Crippen LogP contribution is 2.47. The zero-order valence-electron chi connectivity index (χ0n) is 17.5. The smallest absolute Gasteiger partial charge is 0.426 e. The van der Waals surface area contributed by atoms with Gasteiger partial charge in [0.15, 0.2) is 0 Å². The van der Waals surface area contributed by atoms with Crippen LogP contribution in [0.3, 0.4) is 0 Å². The highest BCUT2D eigenvalue weighted by molar-refractivity contribution is 6.53. The van der Waals surface area contributed by atoms with Crippen molar-refractivity contribution >= 4 is 19.4 Å². The summed E-state index contributed by atoms with van der Waals surface area (Å²) in [6, 6.07) is 9.98. The molecule has 0 spiro atoms. The minimum absolute atomic E-state index is 0.202. The quantitative estimate of drug-likeness (QED) is 0.241. The van der Waals surface area contributed by atoms with Gasteiger partial charge >= 0.3 is 7.12 Å². The summed E-state index contributed by atoms with van der Waals surface area (Å²) in [6.07, 6.45) is 4.46. The Morgan fingerprint density at radius 3 is 2.59 bits per heavy atom. The number of rotatable bonds is 12. The molecule has 0 radical (unpaired) electrons. The van der Waals surface area contributed by atoms with Crippen molar-refractivity contribution in [3.05, 3.63) is 35.9 Å². The van der Waals surface area contributed by atoms with Gasteiger partial charge in [0.25, 0.3) is 0 Å². The van der Waals surface area contributed by atoms with Crippen molar-refractivity contribution in [3.8, 4) is 0 Å². The van der Waals surface area contributed by atoms with Gasteiger partial charge < -0.3 is 26.0 Å². The number of amides is 2. The van der Waals surface area contributed by atoms with E-state index in [0.717, 1.165) is 18.4 Å². The molecule has 1 atom stereocenters. The largest absolute Gasteiger partial charge is 0.472 e. The molecule has 7 nitrogen and oxygen atoms in total. The number of hydrogen-bond acceptors (Lipinski definition) is 5. The molecule has 29 heavy (non-hydrogen) atoms. The average molecular weight is 403 g/mol. The fourth-order valence-corrected chi connectivity index (χ4v) is 4.03. The third kappa shape index (κ3) is 6.55. The molecule has 2 amide bonds. The van der Waals surface area contributed by atoms with Gasteiger partial charge in [-0.25, -0.2) is 0 Å². The third-order valence-corrected chi connectivity index (χ3v) is 5.58. The van der Waals surface area contributed by atoms with Crippen LogP contribution in [0.5, 0.6) is 0 Å². The number of nitrogens with two attached hydrogens (primary N) is 1. The maximum absolute atomic E-state index is 13.3. The van der Waals surface area contributed by atoms with Crippen molar-refractivity contribution in [1.29, 1.82) is 0 Å². The van der Waals surface area contributed by atoms with Gasteiger partial charge in [-0.3, -0.25) is 9.59 Å². The normalized spacial score (nSPS) is 16.8. The fourth-order valence-electron chi connectivity index (χ4n) is 4.03. The molecule has 1 fully saturated rings. The molecule has 8 heteroatoms. The molecule has 1 aliphatic rings.